The van der Waals surface area contributed by atoms with Crippen LogP contribution in [0.1, 0.15) is 43.7 Å². The average molecular weight is 333 g/mol. The number of hydrogen-bond donors (Lipinski definition) is 1. The van der Waals surface area contributed by atoms with Gasteiger partial charge in [-0.25, -0.2) is 9.80 Å². The third-order valence-corrected chi connectivity index (χ3v) is 4.75. The first-order chi connectivity index (χ1) is 11.5. The number of carbonyl (C=O) groups excluding carboxylic acids is 2. The van der Waals surface area contributed by atoms with Crippen molar-refractivity contribution in [3.05, 3.63) is 23.8 Å². The first kappa shape index (κ1) is 16.6. The van der Waals surface area contributed by atoms with Crippen molar-refractivity contribution in [3.8, 4) is 11.5 Å². The zero-order valence-electron chi connectivity index (χ0n) is 14.0. The summed E-state index contributed by atoms with van der Waals surface area (Å²) < 4.78 is 11.5. The topological polar surface area (TPSA) is 85.1 Å². The quantitative estimate of drug-likeness (QED) is 0.913. The van der Waals surface area contributed by atoms with Gasteiger partial charge in [0.25, 0.3) is 0 Å². The summed E-state index contributed by atoms with van der Waals surface area (Å²) >= 11 is 0. The molecule has 1 aliphatic heterocycles. The number of benzene rings is 1. The molecule has 7 nitrogen and oxygen atoms in total. The lowest BCUT2D eigenvalue weighted by molar-refractivity contribution is -0.131. The van der Waals surface area contributed by atoms with Gasteiger partial charge in [-0.1, -0.05) is 6.07 Å². The van der Waals surface area contributed by atoms with E-state index in [9.17, 15) is 9.59 Å². The Bertz CT molecular complexity index is 643. The molecule has 7 heteroatoms. The number of urea groups is 1. The zero-order valence-corrected chi connectivity index (χ0v) is 14.0. The van der Waals surface area contributed by atoms with Crippen LogP contribution < -0.4 is 15.2 Å². The van der Waals surface area contributed by atoms with Gasteiger partial charge in [-0.3, -0.25) is 4.79 Å². The lowest BCUT2D eigenvalue weighted by atomic mass is 10.0. The van der Waals surface area contributed by atoms with Crippen LogP contribution in [-0.4, -0.2) is 42.2 Å². The molecule has 1 atom stereocenters. The number of methoxy groups -OCH3 is 1. The maximum absolute atomic E-state index is 12.0. The molecular weight excluding hydrogens is 310 g/mol. The van der Waals surface area contributed by atoms with Crippen molar-refractivity contribution in [1.82, 2.24) is 10.0 Å². The van der Waals surface area contributed by atoms with Crippen LogP contribution >= 0.6 is 0 Å². The van der Waals surface area contributed by atoms with Crippen molar-refractivity contribution in [2.45, 2.75) is 44.2 Å². The van der Waals surface area contributed by atoms with Crippen molar-refractivity contribution in [2.24, 2.45) is 5.73 Å². The fraction of sp³-hybridized carbons (Fsp3) is 0.529. The third-order valence-electron chi connectivity index (χ3n) is 4.75. The number of imide groups is 1. The number of nitrogens with zero attached hydrogens (tertiary/aromatic N) is 2. The molecule has 0 spiro atoms. The molecule has 130 valence electrons. The molecule has 3 amide bonds. The summed E-state index contributed by atoms with van der Waals surface area (Å²) in [6, 6.07) is 4.61. The second-order valence-corrected chi connectivity index (χ2v) is 6.27. The highest BCUT2D eigenvalue weighted by atomic mass is 16.5. The Morgan fingerprint density at radius 3 is 2.54 bits per heavy atom. The van der Waals surface area contributed by atoms with E-state index in [-0.39, 0.29) is 24.5 Å². The number of ether oxygens (including phenoxy) is 2. The molecule has 24 heavy (non-hydrogen) atoms. The molecule has 1 saturated heterocycles. The lowest BCUT2D eigenvalue weighted by Gasteiger charge is -2.26. The van der Waals surface area contributed by atoms with E-state index in [0.29, 0.717) is 11.5 Å². The molecule has 2 fully saturated rings. The molecule has 0 bridgehead atoms. The van der Waals surface area contributed by atoms with E-state index in [1.165, 1.54) is 12.8 Å². The van der Waals surface area contributed by atoms with E-state index >= 15 is 0 Å². The van der Waals surface area contributed by atoms with E-state index in [4.69, 9.17) is 15.2 Å². The number of primary amides is 1. The van der Waals surface area contributed by atoms with Crippen LogP contribution in [0.5, 0.6) is 11.5 Å². The van der Waals surface area contributed by atoms with Crippen LogP contribution in [0.3, 0.4) is 0 Å². The normalized spacial score (nSPS) is 22.2. The highest BCUT2D eigenvalue weighted by Gasteiger charge is 2.39. The molecule has 1 aromatic rings. The van der Waals surface area contributed by atoms with Crippen molar-refractivity contribution in [2.75, 3.05) is 14.2 Å². The molecule has 3 rings (SSSR count). The lowest BCUT2D eigenvalue weighted by Crippen LogP contribution is -2.45. The van der Waals surface area contributed by atoms with Gasteiger partial charge in [-0.2, -0.15) is 5.01 Å². The number of hydrogen-bond acceptors (Lipinski definition) is 5. The van der Waals surface area contributed by atoms with E-state index in [1.54, 1.807) is 19.2 Å². The molecule has 1 unspecified atom stereocenters. The van der Waals surface area contributed by atoms with Crippen molar-refractivity contribution in [3.63, 3.8) is 0 Å². The Morgan fingerprint density at radius 2 is 1.96 bits per heavy atom. The van der Waals surface area contributed by atoms with Gasteiger partial charge in [0, 0.05) is 7.05 Å². The Morgan fingerprint density at radius 1 is 1.25 bits per heavy atom. The summed E-state index contributed by atoms with van der Waals surface area (Å²) in [5.41, 5.74) is 6.18. The van der Waals surface area contributed by atoms with Crippen molar-refractivity contribution >= 4 is 11.9 Å². The van der Waals surface area contributed by atoms with Crippen molar-refractivity contribution < 1.29 is 19.1 Å². The minimum atomic E-state index is -0.763. The number of rotatable bonds is 4. The first-order valence-electron chi connectivity index (χ1n) is 8.21. The van der Waals surface area contributed by atoms with Crippen LogP contribution in [0.25, 0.3) is 0 Å². The molecule has 0 radical (unpaired) electrons. The Balaban J connectivity index is 1.85. The van der Waals surface area contributed by atoms with Gasteiger partial charge in [0.15, 0.2) is 11.5 Å². The summed E-state index contributed by atoms with van der Waals surface area (Å²) in [6.45, 7) is 0. The number of hydrazine groups is 1. The van der Waals surface area contributed by atoms with Crippen LogP contribution in [0.2, 0.25) is 0 Å². The predicted molar refractivity (Wildman–Crippen MR) is 87.4 cm³/mol. The van der Waals surface area contributed by atoms with Crippen LogP contribution in [0.15, 0.2) is 18.2 Å². The fourth-order valence-electron chi connectivity index (χ4n) is 3.49. The Labute approximate surface area is 141 Å². The summed E-state index contributed by atoms with van der Waals surface area (Å²) in [5.74, 6) is 1.05. The molecule has 2 aliphatic rings. The Kier molecular flexibility index (Phi) is 4.62. The summed E-state index contributed by atoms with van der Waals surface area (Å²) in [6.07, 6.45) is 4.86. The molecular formula is C17H23N3O4. The number of carbonyl (C=O) groups is 2. The fourth-order valence-corrected chi connectivity index (χ4v) is 3.49. The molecule has 1 heterocycles. The largest absolute Gasteiger partial charge is 0.493 e. The standard InChI is InChI=1S/C17H23N3O4/c1-19-13(10-16(21)20(19)17(18)22)11-7-8-14(23-2)15(9-11)24-12-5-3-4-6-12/h7-9,12-13H,3-6,10H2,1-2H3,(H2,18,22). The van der Waals surface area contributed by atoms with E-state index in [0.717, 1.165) is 23.4 Å². The van der Waals surface area contributed by atoms with Crippen molar-refractivity contribution in [1.29, 1.82) is 0 Å². The maximum Gasteiger partial charge on any atom is 0.336 e. The predicted octanol–water partition coefficient (Wildman–Crippen LogP) is 2.22. The second-order valence-electron chi connectivity index (χ2n) is 6.27. The van der Waals surface area contributed by atoms with Gasteiger partial charge in [0.1, 0.15) is 0 Å². The highest BCUT2D eigenvalue weighted by molar-refractivity contribution is 5.94. The van der Waals surface area contributed by atoms with Gasteiger partial charge in [-0.05, 0) is 43.4 Å². The monoisotopic (exact) mass is 333 g/mol. The molecule has 2 N–H and O–H groups in total. The maximum atomic E-state index is 12.0. The van der Waals surface area contributed by atoms with Gasteiger partial charge < -0.3 is 15.2 Å². The molecule has 0 aromatic heterocycles. The third kappa shape index (κ3) is 3.03. The smallest absolute Gasteiger partial charge is 0.336 e. The minimum absolute atomic E-state index is 0.203. The van der Waals surface area contributed by atoms with Gasteiger partial charge in [0.05, 0.1) is 25.7 Å². The molecule has 1 aromatic carbocycles. The number of amides is 3. The van der Waals surface area contributed by atoms with Gasteiger partial charge >= 0.3 is 6.03 Å². The van der Waals surface area contributed by atoms with E-state index < -0.39 is 6.03 Å². The van der Waals surface area contributed by atoms with Crippen LogP contribution in [0, 0.1) is 0 Å². The highest BCUT2D eigenvalue weighted by Crippen LogP contribution is 2.38. The average Bonchev–Trinajstić information content (AvgIpc) is 3.15. The van der Waals surface area contributed by atoms with Crippen LogP contribution in [0.4, 0.5) is 4.79 Å². The molecule has 1 aliphatic carbocycles. The van der Waals surface area contributed by atoms with Crippen LogP contribution in [-0.2, 0) is 4.79 Å². The summed E-state index contributed by atoms with van der Waals surface area (Å²) in [4.78, 5) is 23.5. The minimum Gasteiger partial charge on any atom is -0.493 e. The molecule has 1 saturated carbocycles. The first-order valence-corrected chi connectivity index (χ1v) is 8.21. The van der Waals surface area contributed by atoms with Gasteiger partial charge in [-0.15, -0.1) is 0 Å². The SMILES string of the molecule is COc1ccc(C2CC(=O)N(C(N)=O)N2C)cc1OC1CCCC1. The van der Waals surface area contributed by atoms with Gasteiger partial charge in [0.2, 0.25) is 5.91 Å². The summed E-state index contributed by atoms with van der Waals surface area (Å²) in [7, 11) is 3.29. The van der Waals surface area contributed by atoms with E-state index in [2.05, 4.69) is 0 Å². The Hall–Kier alpha value is -2.28. The summed E-state index contributed by atoms with van der Waals surface area (Å²) in [5, 5.41) is 2.55. The zero-order chi connectivity index (χ0) is 17.3. The van der Waals surface area contributed by atoms with E-state index in [1.807, 2.05) is 18.2 Å². The second kappa shape index (κ2) is 6.68. The number of nitrogens with two attached hydrogens (primary N) is 1.